The van der Waals surface area contributed by atoms with Gasteiger partial charge in [-0.1, -0.05) is 11.3 Å². The number of amides is 1. The molecule has 0 atom stereocenters. The van der Waals surface area contributed by atoms with Crippen LogP contribution < -0.4 is 11.1 Å². The fraction of sp³-hybridized carbons (Fsp3) is 0.429. The normalized spacial score (nSPS) is 14.7. The van der Waals surface area contributed by atoms with Crippen LogP contribution in [0.25, 0.3) is 0 Å². The van der Waals surface area contributed by atoms with Gasteiger partial charge in [0.2, 0.25) is 5.13 Å². The minimum Gasteiger partial charge on any atom is -0.378 e. The van der Waals surface area contributed by atoms with E-state index in [9.17, 15) is 4.79 Å². The molecule has 8 nitrogen and oxygen atoms in total. The molecule has 0 saturated carbocycles. The summed E-state index contributed by atoms with van der Waals surface area (Å²) in [6, 6.07) is 3.60. The molecule has 0 spiro atoms. The van der Waals surface area contributed by atoms with E-state index in [1.54, 1.807) is 17.2 Å². The van der Waals surface area contributed by atoms with E-state index in [1.165, 1.54) is 11.3 Å². The molecule has 1 fully saturated rings. The summed E-state index contributed by atoms with van der Waals surface area (Å²) in [5, 5.41) is 12.3. The Bertz CT molecular complexity index is 654. The second kappa shape index (κ2) is 7.34. The van der Waals surface area contributed by atoms with Gasteiger partial charge >= 0.3 is 0 Å². The highest BCUT2D eigenvalue weighted by Crippen LogP contribution is 2.12. The number of carbonyl (C=O) groups is 1. The third-order valence-corrected chi connectivity index (χ3v) is 4.25. The summed E-state index contributed by atoms with van der Waals surface area (Å²) < 4.78 is 5.25. The molecular weight excluding hydrogens is 316 g/mol. The number of carbonyl (C=O) groups excluding carboxylic acids is 1. The molecule has 122 valence electrons. The standard InChI is InChI=1S/C14H18N6O2S/c15-14-19-18-12(23-14)3-4-16-11-2-1-10(9-17-11)13(21)20-5-7-22-8-6-20/h1-2,9H,3-8H2,(H2,15,19)(H,16,17). The fourth-order valence-corrected chi connectivity index (χ4v) is 2.85. The van der Waals surface area contributed by atoms with Crippen molar-refractivity contribution in [1.82, 2.24) is 20.1 Å². The van der Waals surface area contributed by atoms with Crippen molar-refractivity contribution in [3.8, 4) is 0 Å². The number of hydrogen-bond acceptors (Lipinski definition) is 8. The highest BCUT2D eigenvalue weighted by Gasteiger charge is 2.18. The lowest BCUT2D eigenvalue weighted by atomic mass is 10.2. The highest BCUT2D eigenvalue weighted by atomic mass is 32.1. The van der Waals surface area contributed by atoms with Gasteiger partial charge in [-0.15, -0.1) is 10.2 Å². The number of pyridine rings is 1. The molecule has 0 aromatic carbocycles. The molecule has 3 rings (SSSR count). The molecule has 3 N–H and O–H groups in total. The smallest absolute Gasteiger partial charge is 0.255 e. The Hall–Kier alpha value is -2.26. The quantitative estimate of drug-likeness (QED) is 0.826. The minimum atomic E-state index is -0.00307. The largest absolute Gasteiger partial charge is 0.378 e. The zero-order chi connectivity index (χ0) is 16.1. The Morgan fingerprint density at radius 1 is 1.35 bits per heavy atom. The van der Waals surface area contributed by atoms with Gasteiger partial charge in [-0.05, 0) is 12.1 Å². The lowest BCUT2D eigenvalue weighted by molar-refractivity contribution is 0.0302. The molecule has 1 saturated heterocycles. The summed E-state index contributed by atoms with van der Waals surface area (Å²) in [6.45, 7) is 3.12. The molecule has 2 aromatic rings. The molecule has 0 unspecified atom stereocenters. The Morgan fingerprint density at radius 2 is 2.17 bits per heavy atom. The number of ether oxygens (including phenoxy) is 1. The van der Waals surface area contributed by atoms with Crippen LogP contribution >= 0.6 is 11.3 Å². The van der Waals surface area contributed by atoms with Crippen molar-refractivity contribution in [2.45, 2.75) is 6.42 Å². The number of nitrogen functional groups attached to an aromatic ring is 1. The summed E-state index contributed by atoms with van der Waals surface area (Å²) in [5.41, 5.74) is 6.13. The maximum Gasteiger partial charge on any atom is 0.255 e. The van der Waals surface area contributed by atoms with Gasteiger partial charge in [-0.2, -0.15) is 0 Å². The Labute approximate surface area is 137 Å². The lowest BCUT2D eigenvalue weighted by Crippen LogP contribution is -2.40. The maximum absolute atomic E-state index is 12.3. The number of hydrogen-bond donors (Lipinski definition) is 2. The second-order valence-electron chi connectivity index (χ2n) is 5.05. The summed E-state index contributed by atoms with van der Waals surface area (Å²) in [7, 11) is 0. The molecule has 1 aliphatic rings. The Balaban J connectivity index is 1.51. The zero-order valence-corrected chi connectivity index (χ0v) is 13.4. The van der Waals surface area contributed by atoms with Gasteiger partial charge in [0, 0.05) is 32.3 Å². The van der Waals surface area contributed by atoms with Gasteiger partial charge < -0.3 is 20.7 Å². The third-order valence-electron chi connectivity index (χ3n) is 3.44. The first kappa shape index (κ1) is 15.6. The molecule has 1 aliphatic heterocycles. The summed E-state index contributed by atoms with van der Waals surface area (Å²) in [6.07, 6.45) is 2.33. The van der Waals surface area contributed by atoms with E-state index in [-0.39, 0.29) is 5.91 Å². The van der Waals surface area contributed by atoms with Crippen LogP contribution in [0.3, 0.4) is 0 Å². The van der Waals surface area contributed by atoms with E-state index in [0.29, 0.717) is 43.5 Å². The number of nitrogens with zero attached hydrogens (tertiary/aromatic N) is 4. The van der Waals surface area contributed by atoms with Gasteiger partial charge in [0.1, 0.15) is 10.8 Å². The number of rotatable bonds is 5. The Kier molecular flexibility index (Phi) is 4.99. The predicted octanol–water partition coefficient (Wildman–Crippen LogP) is 0.642. The first-order valence-corrected chi connectivity index (χ1v) is 8.19. The molecule has 3 heterocycles. The van der Waals surface area contributed by atoms with Crippen LogP contribution in [0.2, 0.25) is 0 Å². The van der Waals surface area contributed by atoms with Crippen LogP contribution in [-0.2, 0) is 11.2 Å². The summed E-state index contributed by atoms with van der Waals surface area (Å²) >= 11 is 1.38. The van der Waals surface area contributed by atoms with Gasteiger partial charge in [0.05, 0.1) is 18.8 Å². The predicted molar refractivity (Wildman–Crippen MR) is 87.5 cm³/mol. The van der Waals surface area contributed by atoms with Crippen LogP contribution in [0.1, 0.15) is 15.4 Å². The van der Waals surface area contributed by atoms with E-state index in [2.05, 4.69) is 20.5 Å². The van der Waals surface area contributed by atoms with Crippen LogP contribution in [-0.4, -0.2) is 58.8 Å². The minimum absolute atomic E-state index is 0.00307. The van der Waals surface area contributed by atoms with Crippen molar-refractivity contribution in [3.63, 3.8) is 0 Å². The van der Waals surface area contributed by atoms with E-state index < -0.39 is 0 Å². The molecule has 2 aromatic heterocycles. The number of anilines is 2. The average molecular weight is 334 g/mol. The van der Waals surface area contributed by atoms with Crippen molar-refractivity contribution < 1.29 is 9.53 Å². The van der Waals surface area contributed by atoms with Gasteiger partial charge in [-0.3, -0.25) is 4.79 Å². The molecule has 9 heteroatoms. The van der Waals surface area contributed by atoms with Crippen molar-refractivity contribution in [1.29, 1.82) is 0 Å². The van der Waals surface area contributed by atoms with Crippen LogP contribution in [0.4, 0.5) is 10.9 Å². The van der Waals surface area contributed by atoms with Crippen molar-refractivity contribution in [3.05, 3.63) is 28.9 Å². The molecule has 0 aliphatic carbocycles. The lowest BCUT2D eigenvalue weighted by Gasteiger charge is -2.26. The number of aromatic nitrogens is 3. The molecule has 23 heavy (non-hydrogen) atoms. The van der Waals surface area contributed by atoms with E-state index in [1.807, 2.05) is 6.07 Å². The monoisotopic (exact) mass is 334 g/mol. The molecule has 0 radical (unpaired) electrons. The number of nitrogens with one attached hydrogen (secondary N) is 1. The first-order chi connectivity index (χ1) is 11.2. The highest BCUT2D eigenvalue weighted by molar-refractivity contribution is 7.15. The van der Waals surface area contributed by atoms with Gasteiger partial charge in [0.25, 0.3) is 5.91 Å². The van der Waals surface area contributed by atoms with Gasteiger partial charge in [0.15, 0.2) is 0 Å². The van der Waals surface area contributed by atoms with Crippen LogP contribution in [0, 0.1) is 0 Å². The third kappa shape index (κ3) is 4.14. The zero-order valence-electron chi connectivity index (χ0n) is 12.6. The number of morpholine rings is 1. The van der Waals surface area contributed by atoms with E-state index in [4.69, 9.17) is 10.5 Å². The number of nitrogens with two attached hydrogens (primary N) is 1. The topological polar surface area (TPSA) is 106 Å². The Morgan fingerprint density at radius 3 is 2.83 bits per heavy atom. The van der Waals surface area contributed by atoms with Crippen LogP contribution in [0.5, 0.6) is 0 Å². The first-order valence-electron chi connectivity index (χ1n) is 7.37. The van der Waals surface area contributed by atoms with Crippen LogP contribution in [0.15, 0.2) is 18.3 Å². The summed E-state index contributed by atoms with van der Waals surface area (Å²) in [5.74, 6) is 0.720. The summed E-state index contributed by atoms with van der Waals surface area (Å²) in [4.78, 5) is 18.4. The molecular formula is C14H18N6O2S. The van der Waals surface area contributed by atoms with E-state index >= 15 is 0 Å². The van der Waals surface area contributed by atoms with Crippen molar-refractivity contribution in [2.75, 3.05) is 43.9 Å². The van der Waals surface area contributed by atoms with Crippen molar-refractivity contribution >= 4 is 28.2 Å². The average Bonchev–Trinajstić information content (AvgIpc) is 3.01. The van der Waals surface area contributed by atoms with Gasteiger partial charge in [-0.25, -0.2) is 4.98 Å². The SMILES string of the molecule is Nc1nnc(CCNc2ccc(C(=O)N3CCOCC3)cn2)s1. The second-order valence-corrected chi connectivity index (χ2v) is 6.14. The molecule has 1 amide bonds. The fourth-order valence-electron chi connectivity index (χ4n) is 2.24. The maximum atomic E-state index is 12.3. The van der Waals surface area contributed by atoms with E-state index in [0.717, 1.165) is 17.2 Å². The molecule has 0 bridgehead atoms. The van der Waals surface area contributed by atoms with Crippen molar-refractivity contribution in [2.24, 2.45) is 0 Å².